The van der Waals surface area contributed by atoms with Gasteiger partial charge in [0.25, 0.3) is 5.82 Å². The highest BCUT2D eigenvalue weighted by molar-refractivity contribution is 5.72. The van der Waals surface area contributed by atoms with Crippen molar-refractivity contribution in [2.75, 3.05) is 5.84 Å². The van der Waals surface area contributed by atoms with Crippen molar-refractivity contribution in [3.63, 3.8) is 0 Å². The van der Waals surface area contributed by atoms with Crippen LogP contribution in [0.4, 0.5) is 0 Å². The summed E-state index contributed by atoms with van der Waals surface area (Å²) in [6, 6.07) is 18.6. The molecule has 0 aliphatic heterocycles. The van der Waals surface area contributed by atoms with Crippen molar-refractivity contribution < 1.29 is 4.57 Å². The summed E-state index contributed by atoms with van der Waals surface area (Å²) in [5.41, 5.74) is 3.51. The molecule has 3 rings (SSSR count). The molecule has 18 heavy (non-hydrogen) atoms. The molecule has 2 aromatic carbocycles. The average Bonchev–Trinajstić information content (AvgIpc) is 2.66. The number of rotatable bonds is 2. The van der Waals surface area contributed by atoms with Crippen molar-refractivity contribution in [1.29, 1.82) is 0 Å². The summed E-state index contributed by atoms with van der Waals surface area (Å²) in [6.07, 6.45) is 0. The summed E-state index contributed by atoms with van der Waals surface area (Å²) in [5.74, 6) is 7.14. The van der Waals surface area contributed by atoms with Gasteiger partial charge >= 0.3 is 0 Å². The maximum absolute atomic E-state index is 6.09. The number of fused-ring (bicyclic) bond motifs is 1. The number of hydrogen-bond donors (Lipinski definition) is 1. The second kappa shape index (κ2) is 4.18. The lowest BCUT2D eigenvalue weighted by atomic mass is 10.2. The largest absolute Gasteiger partial charge is 0.277 e. The second-order valence-electron chi connectivity index (χ2n) is 4.48. The number of imidazole rings is 1. The van der Waals surface area contributed by atoms with E-state index in [2.05, 4.69) is 34.9 Å². The molecule has 1 heterocycles. The van der Waals surface area contributed by atoms with E-state index in [0.717, 1.165) is 17.9 Å². The lowest BCUT2D eigenvalue weighted by Gasteiger charge is -2.00. The van der Waals surface area contributed by atoms with Crippen molar-refractivity contribution >= 4 is 11.0 Å². The number of nitrogens with zero attached hydrogens (tertiary/aromatic N) is 2. The van der Waals surface area contributed by atoms with Crippen LogP contribution >= 0.6 is 0 Å². The van der Waals surface area contributed by atoms with Crippen molar-refractivity contribution in [3.8, 4) is 0 Å². The van der Waals surface area contributed by atoms with Crippen LogP contribution in [0.1, 0.15) is 11.4 Å². The van der Waals surface area contributed by atoms with E-state index in [1.165, 1.54) is 11.1 Å². The van der Waals surface area contributed by atoms with E-state index < -0.39 is 0 Å². The molecule has 0 bridgehead atoms. The summed E-state index contributed by atoms with van der Waals surface area (Å²) in [5, 5.41) is 0. The number of para-hydroxylation sites is 2. The van der Waals surface area contributed by atoms with Crippen molar-refractivity contribution in [1.82, 2.24) is 4.68 Å². The van der Waals surface area contributed by atoms with E-state index in [9.17, 15) is 0 Å². The quantitative estimate of drug-likeness (QED) is 0.538. The van der Waals surface area contributed by atoms with Crippen LogP contribution in [0.25, 0.3) is 11.0 Å². The molecule has 0 spiro atoms. The van der Waals surface area contributed by atoms with Gasteiger partial charge in [-0.15, -0.1) is 4.68 Å². The van der Waals surface area contributed by atoms with Gasteiger partial charge in [0.15, 0.2) is 11.0 Å². The highest BCUT2D eigenvalue weighted by Gasteiger charge is 2.19. The van der Waals surface area contributed by atoms with Crippen LogP contribution in [0.15, 0.2) is 54.6 Å². The third-order valence-corrected chi connectivity index (χ3v) is 3.35. The predicted octanol–water partition coefficient (Wildman–Crippen LogP) is 2.00. The zero-order valence-corrected chi connectivity index (χ0v) is 10.4. The molecular weight excluding hydrogens is 222 g/mol. The minimum atomic E-state index is 0.845. The Hall–Kier alpha value is -2.29. The molecule has 3 nitrogen and oxygen atoms in total. The van der Waals surface area contributed by atoms with Gasteiger partial charge in [-0.1, -0.05) is 42.5 Å². The summed E-state index contributed by atoms with van der Waals surface area (Å²) in [7, 11) is 0. The number of nitrogen functional groups attached to an aromatic ring is 1. The third kappa shape index (κ3) is 1.64. The topological polar surface area (TPSA) is 34.8 Å². The zero-order valence-electron chi connectivity index (χ0n) is 10.4. The van der Waals surface area contributed by atoms with Crippen molar-refractivity contribution in [3.05, 3.63) is 66.0 Å². The molecular formula is C15H16N3+. The molecule has 0 atom stereocenters. The van der Waals surface area contributed by atoms with Gasteiger partial charge in [0.05, 0.1) is 0 Å². The molecule has 0 aliphatic carbocycles. The monoisotopic (exact) mass is 238 g/mol. The summed E-state index contributed by atoms with van der Waals surface area (Å²) < 4.78 is 3.99. The van der Waals surface area contributed by atoms with Crippen LogP contribution < -0.4 is 10.4 Å². The molecule has 0 saturated carbocycles. The first-order chi connectivity index (χ1) is 8.77. The van der Waals surface area contributed by atoms with E-state index in [1.54, 1.807) is 4.68 Å². The molecule has 90 valence electrons. The van der Waals surface area contributed by atoms with Gasteiger partial charge in [0, 0.05) is 6.92 Å². The number of nitrogens with two attached hydrogens (primary N) is 1. The number of aromatic nitrogens is 2. The first kappa shape index (κ1) is 10.8. The molecule has 0 saturated heterocycles. The van der Waals surface area contributed by atoms with Gasteiger partial charge in [-0.3, -0.25) is 5.84 Å². The molecule has 0 unspecified atom stereocenters. The normalized spacial score (nSPS) is 10.9. The Morgan fingerprint density at radius 3 is 2.44 bits per heavy atom. The predicted molar refractivity (Wildman–Crippen MR) is 72.6 cm³/mol. The van der Waals surface area contributed by atoms with Gasteiger partial charge in [-0.05, 0) is 17.7 Å². The molecule has 0 amide bonds. The fourth-order valence-electron chi connectivity index (χ4n) is 2.34. The van der Waals surface area contributed by atoms with E-state index in [1.807, 2.05) is 31.2 Å². The Morgan fingerprint density at radius 1 is 1.00 bits per heavy atom. The van der Waals surface area contributed by atoms with Crippen molar-refractivity contribution in [2.24, 2.45) is 0 Å². The first-order valence-electron chi connectivity index (χ1n) is 6.06. The van der Waals surface area contributed by atoms with E-state index >= 15 is 0 Å². The van der Waals surface area contributed by atoms with E-state index in [-0.39, 0.29) is 0 Å². The van der Waals surface area contributed by atoms with Gasteiger partial charge in [0.1, 0.15) is 6.54 Å². The number of benzene rings is 2. The van der Waals surface area contributed by atoms with Gasteiger partial charge < -0.3 is 0 Å². The standard InChI is InChI=1S/C15H16N3/c1-12-17(11-13-7-3-2-4-8-13)14-9-5-6-10-15(14)18(12)16/h2-10H,11,16H2,1H3/q+1. The smallest absolute Gasteiger partial charge is 0.268 e. The average molecular weight is 238 g/mol. The Labute approximate surface area is 106 Å². The van der Waals surface area contributed by atoms with E-state index in [4.69, 9.17) is 5.84 Å². The summed E-state index contributed by atoms with van der Waals surface area (Å²) >= 11 is 0. The summed E-state index contributed by atoms with van der Waals surface area (Å²) in [6.45, 7) is 2.89. The highest BCUT2D eigenvalue weighted by Crippen LogP contribution is 2.12. The Kier molecular flexibility index (Phi) is 2.52. The van der Waals surface area contributed by atoms with Crippen molar-refractivity contribution in [2.45, 2.75) is 13.5 Å². The maximum Gasteiger partial charge on any atom is 0.277 e. The van der Waals surface area contributed by atoms with Gasteiger partial charge in [-0.25, -0.2) is 4.57 Å². The maximum atomic E-state index is 6.09. The Balaban J connectivity index is 2.15. The highest BCUT2D eigenvalue weighted by atomic mass is 15.3. The third-order valence-electron chi connectivity index (χ3n) is 3.35. The molecule has 0 aliphatic rings. The Bertz CT molecular complexity index is 684. The minimum Gasteiger partial charge on any atom is -0.268 e. The fourth-order valence-corrected chi connectivity index (χ4v) is 2.34. The summed E-state index contributed by atoms with van der Waals surface area (Å²) in [4.78, 5) is 0. The minimum absolute atomic E-state index is 0.845. The van der Waals surface area contributed by atoms with E-state index in [0.29, 0.717) is 0 Å². The number of hydrogen-bond acceptors (Lipinski definition) is 1. The zero-order chi connectivity index (χ0) is 12.5. The van der Waals surface area contributed by atoms with Crippen LogP contribution in [-0.4, -0.2) is 4.68 Å². The lowest BCUT2D eigenvalue weighted by molar-refractivity contribution is -0.669. The molecule has 0 radical (unpaired) electrons. The van der Waals surface area contributed by atoms with Gasteiger partial charge in [0.2, 0.25) is 0 Å². The van der Waals surface area contributed by atoms with Crippen LogP contribution in [0.5, 0.6) is 0 Å². The molecule has 3 aromatic rings. The molecule has 3 heteroatoms. The molecule has 1 aromatic heterocycles. The van der Waals surface area contributed by atoms with Crippen LogP contribution in [0, 0.1) is 6.92 Å². The first-order valence-corrected chi connectivity index (χ1v) is 6.06. The van der Waals surface area contributed by atoms with Crippen LogP contribution in [-0.2, 0) is 6.54 Å². The lowest BCUT2D eigenvalue weighted by Crippen LogP contribution is -2.37. The fraction of sp³-hybridized carbons (Fsp3) is 0.133. The second-order valence-corrected chi connectivity index (χ2v) is 4.48. The van der Waals surface area contributed by atoms with Crippen LogP contribution in [0.3, 0.4) is 0 Å². The molecule has 0 fully saturated rings. The van der Waals surface area contributed by atoms with Gasteiger partial charge in [-0.2, -0.15) is 0 Å². The Morgan fingerprint density at radius 2 is 1.67 bits per heavy atom. The SMILES string of the molecule is Cc1n(N)c2ccccc2[n+]1Cc1ccccc1. The van der Waals surface area contributed by atoms with Crippen LogP contribution in [0.2, 0.25) is 0 Å². The molecule has 2 N–H and O–H groups in total.